The number of carbonyl (C=O) groups is 1. The van der Waals surface area contributed by atoms with Crippen molar-refractivity contribution in [1.29, 1.82) is 0 Å². The van der Waals surface area contributed by atoms with Gasteiger partial charge in [0.2, 0.25) is 16.0 Å². The Kier molecular flexibility index (Phi) is 6.37. The second-order valence-corrected chi connectivity index (χ2v) is 10.2. The van der Waals surface area contributed by atoms with E-state index in [9.17, 15) is 4.79 Å². The van der Waals surface area contributed by atoms with E-state index in [0.717, 1.165) is 32.7 Å². The lowest BCUT2D eigenvalue weighted by Crippen LogP contribution is -2.34. The van der Waals surface area contributed by atoms with Gasteiger partial charge in [-0.25, -0.2) is 4.98 Å². The van der Waals surface area contributed by atoms with Gasteiger partial charge < -0.3 is 15.5 Å². The molecule has 0 aliphatic carbocycles. The number of nitrogens with one attached hydrogen (secondary N) is 2. The van der Waals surface area contributed by atoms with Crippen LogP contribution in [0, 0.1) is 6.92 Å². The first-order valence-electron chi connectivity index (χ1n) is 11.0. The Morgan fingerprint density at radius 1 is 1.12 bits per heavy atom. The molecule has 0 aliphatic heterocycles. The molecule has 0 aliphatic rings. The van der Waals surface area contributed by atoms with E-state index in [1.54, 1.807) is 0 Å². The highest BCUT2D eigenvalue weighted by Gasteiger charge is 2.23. The number of aromatic nitrogens is 3. The Labute approximate surface area is 198 Å². The summed E-state index contributed by atoms with van der Waals surface area (Å²) >= 11 is 1.47. The third-order valence-corrected chi connectivity index (χ3v) is 6.04. The van der Waals surface area contributed by atoms with Crippen molar-refractivity contribution in [2.75, 3.05) is 23.8 Å². The van der Waals surface area contributed by atoms with Gasteiger partial charge >= 0.3 is 0 Å². The highest BCUT2D eigenvalue weighted by atomic mass is 32.1. The first-order valence-corrected chi connectivity index (χ1v) is 11.8. The van der Waals surface area contributed by atoms with Crippen molar-refractivity contribution in [1.82, 2.24) is 19.9 Å². The van der Waals surface area contributed by atoms with Crippen molar-refractivity contribution < 1.29 is 4.79 Å². The van der Waals surface area contributed by atoms with Crippen LogP contribution in [-0.2, 0) is 11.3 Å². The van der Waals surface area contributed by atoms with Gasteiger partial charge in [0, 0.05) is 24.7 Å². The smallest absolute Gasteiger partial charge is 0.239 e. The fourth-order valence-electron chi connectivity index (χ4n) is 3.49. The maximum atomic E-state index is 12.5. The standard InChI is InChI=1S/C25H30N6OS/c1-17-10-9-13-19(14-17)21-22(28-25(2,3)4)31-23(27-21)33-24(29-31)30(5)16-20(32)26-15-18-11-7-6-8-12-18/h6-14,28H,15-16H2,1-5H3,(H,26,32). The van der Waals surface area contributed by atoms with E-state index in [4.69, 9.17) is 10.1 Å². The predicted molar refractivity (Wildman–Crippen MR) is 136 cm³/mol. The zero-order valence-corrected chi connectivity index (χ0v) is 20.5. The van der Waals surface area contributed by atoms with E-state index >= 15 is 0 Å². The summed E-state index contributed by atoms with van der Waals surface area (Å²) < 4.78 is 1.85. The number of amides is 1. The molecule has 0 atom stereocenters. The van der Waals surface area contributed by atoms with Crippen LogP contribution in [0.4, 0.5) is 10.9 Å². The van der Waals surface area contributed by atoms with Gasteiger partial charge in [-0.05, 0) is 39.3 Å². The van der Waals surface area contributed by atoms with Gasteiger partial charge in [-0.3, -0.25) is 4.79 Å². The van der Waals surface area contributed by atoms with E-state index in [1.165, 1.54) is 16.9 Å². The topological polar surface area (TPSA) is 74.6 Å². The van der Waals surface area contributed by atoms with Crippen molar-refractivity contribution in [3.8, 4) is 11.3 Å². The number of hydrogen-bond acceptors (Lipinski definition) is 6. The number of nitrogens with zero attached hydrogens (tertiary/aromatic N) is 4. The summed E-state index contributed by atoms with van der Waals surface area (Å²) in [5, 5.41) is 12.1. The summed E-state index contributed by atoms with van der Waals surface area (Å²) in [6.45, 7) is 9.14. The summed E-state index contributed by atoms with van der Waals surface area (Å²) in [4.78, 5) is 20.0. The minimum absolute atomic E-state index is 0.0531. The Bertz CT molecular complexity index is 1260. The molecule has 2 aromatic heterocycles. The van der Waals surface area contributed by atoms with Crippen LogP contribution < -0.4 is 15.5 Å². The minimum atomic E-state index is -0.165. The van der Waals surface area contributed by atoms with Gasteiger partial charge in [0.25, 0.3) is 0 Å². The number of hydrogen-bond donors (Lipinski definition) is 2. The van der Waals surface area contributed by atoms with Crippen molar-refractivity contribution in [2.45, 2.75) is 39.8 Å². The van der Waals surface area contributed by atoms with Gasteiger partial charge in [-0.15, -0.1) is 5.10 Å². The first-order chi connectivity index (χ1) is 15.7. The largest absolute Gasteiger partial charge is 0.364 e. The molecule has 2 N–H and O–H groups in total. The third-order valence-electron chi connectivity index (χ3n) is 5.02. The lowest BCUT2D eigenvalue weighted by molar-refractivity contribution is -0.119. The van der Waals surface area contributed by atoms with E-state index in [2.05, 4.69) is 56.5 Å². The molecule has 0 unspecified atom stereocenters. The lowest BCUT2D eigenvalue weighted by atomic mass is 10.1. The summed E-state index contributed by atoms with van der Waals surface area (Å²) in [6, 6.07) is 18.2. The molecule has 1 amide bonds. The molecule has 2 heterocycles. The van der Waals surface area contributed by atoms with E-state index in [0.29, 0.717) is 6.54 Å². The molecule has 4 aromatic rings. The fourth-order valence-corrected chi connectivity index (χ4v) is 4.35. The van der Waals surface area contributed by atoms with Crippen LogP contribution in [0.5, 0.6) is 0 Å². The van der Waals surface area contributed by atoms with E-state index in [-0.39, 0.29) is 18.0 Å². The quantitative estimate of drug-likeness (QED) is 0.415. The zero-order valence-electron chi connectivity index (χ0n) is 19.7. The van der Waals surface area contributed by atoms with Gasteiger partial charge in [0.1, 0.15) is 5.69 Å². The average molecular weight is 463 g/mol. The Morgan fingerprint density at radius 3 is 2.58 bits per heavy atom. The molecule has 0 saturated heterocycles. The van der Waals surface area contributed by atoms with Crippen LogP contribution >= 0.6 is 11.3 Å². The number of carbonyl (C=O) groups excluding carboxylic acids is 1. The van der Waals surface area contributed by atoms with Gasteiger partial charge in [0.05, 0.1) is 6.54 Å². The lowest BCUT2D eigenvalue weighted by Gasteiger charge is -2.22. The third kappa shape index (κ3) is 5.51. The molecule has 0 radical (unpaired) electrons. The number of rotatable bonds is 7. The van der Waals surface area contributed by atoms with Crippen LogP contribution in [0.1, 0.15) is 31.9 Å². The second-order valence-electron chi connectivity index (χ2n) is 9.25. The molecule has 0 fully saturated rings. The van der Waals surface area contributed by atoms with E-state index < -0.39 is 0 Å². The molecule has 8 heteroatoms. The molecular weight excluding hydrogens is 432 g/mol. The maximum Gasteiger partial charge on any atom is 0.239 e. The Hall–Kier alpha value is -3.39. The van der Waals surface area contributed by atoms with Gasteiger partial charge in [-0.2, -0.15) is 4.52 Å². The fraction of sp³-hybridized carbons (Fsp3) is 0.320. The Balaban J connectivity index is 1.56. The molecule has 2 aromatic carbocycles. The van der Waals surface area contributed by atoms with Gasteiger partial charge in [-0.1, -0.05) is 65.4 Å². The second kappa shape index (κ2) is 9.23. The molecule has 4 rings (SSSR count). The van der Waals surface area contributed by atoms with Crippen LogP contribution in [0.15, 0.2) is 54.6 Å². The molecule has 33 heavy (non-hydrogen) atoms. The maximum absolute atomic E-state index is 12.5. The van der Waals surface area contributed by atoms with Crippen molar-refractivity contribution in [3.05, 3.63) is 65.7 Å². The van der Waals surface area contributed by atoms with E-state index in [1.807, 2.05) is 52.9 Å². The highest BCUT2D eigenvalue weighted by molar-refractivity contribution is 7.20. The first kappa shape index (κ1) is 22.8. The average Bonchev–Trinajstić information content (AvgIpc) is 3.31. The number of fused-ring (bicyclic) bond motifs is 1. The van der Waals surface area contributed by atoms with Crippen LogP contribution in [-0.4, -0.2) is 39.6 Å². The molecule has 0 bridgehead atoms. The SMILES string of the molecule is Cc1cccc(-c2nc3sc(N(C)CC(=O)NCc4ccccc4)nn3c2NC(C)(C)C)c1. The number of likely N-dealkylation sites (N-methyl/N-ethyl adjacent to an activating group) is 1. The molecule has 0 saturated carbocycles. The molecule has 0 spiro atoms. The van der Waals surface area contributed by atoms with Crippen LogP contribution in [0.25, 0.3) is 16.2 Å². The summed E-state index contributed by atoms with van der Waals surface area (Å²) in [5.41, 5.74) is 4.02. The Morgan fingerprint density at radius 2 is 1.88 bits per heavy atom. The summed E-state index contributed by atoms with van der Waals surface area (Å²) in [7, 11) is 1.87. The zero-order chi connectivity index (χ0) is 23.6. The number of aryl methyl sites for hydroxylation is 1. The molecule has 172 valence electrons. The van der Waals surface area contributed by atoms with Crippen LogP contribution in [0.3, 0.4) is 0 Å². The van der Waals surface area contributed by atoms with Crippen molar-refractivity contribution >= 4 is 33.2 Å². The molecular formula is C25H30N6OS. The van der Waals surface area contributed by atoms with Crippen molar-refractivity contribution in [2.24, 2.45) is 0 Å². The van der Waals surface area contributed by atoms with Gasteiger partial charge in [0.15, 0.2) is 5.82 Å². The number of imidazole rings is 1. The highest BCUT2D eigenvalue weighted by Crippen LogP contribution is 2.34. The predicted octanol–water partition coefficient (Wildman–Crippen LogP) is 4.73. The normalized spacial score (nSPS) is 11.5. The van der Waals surface area contributed by atoms with Crippen molar-refractivity contribution in [3.63, 3.8) is 0 Å². The minimum Gasteiger partial charge on any atom is -0.364 e. The summed E-state index contributed by atoms with van der Waals surface area (Å²) in [5.74, 6) is 0.801. The number of anilines is 2. The monoisotopic (exact) mass is 462 g/mol. The van der Waals surface area contributed by atoms with Crippen LogP contribution in [0.2, 0.25) is 0 Å². The number of benzene rings is 2. The summed E-state index contributed by atoms with van der Waals surface area (Å²) in [6.07, 6.45) is 0. The molecule has 7 nitrogen and oxygen atoms in total.